The zero-order valence-corrected chi connectivity index (χ0v) is 24.5. The Kier molecular flexibility index (Phi) is 8.21. The molecule has 0 bridgehead atoms. The number of carbonyl (C=O) groups excluding carboxylic acids is 1. The molecule has 0 radical (unpaired) electrons. The summed E-state index contributed by atoms with van der Waals surface area (Å²) in [6.07, 6.45) is 3.48. The normalized spacial score (nSPS) is 13.0. The van der Waals surface area contributed by atoms with Crippen LogP contribution in [0.3, 0.4) is 0 Å². The Bertz CT molecular complexity index is 1800. The van der Waals surface area contributed by atoms with Crippen molar-refractivity contribution in [3.8, 4) is 11.1 Å². The highest BCUT2D eigenvalue weighted by Gasteiger charge is 2.42. The molecule has 0 unspecified atom stereocenters. The van der Waals surface area contributed by atoms with Crippen LogP contribution in [0.4, 0.5) is 0 Å². The van der Waals surface area contributed by atoms with Gasteiger partial charge in [0.1, 0.15) is 5.54 Å². The summed E-state index contributed by atoms with van der Waals surface area (Å²) < 4.78 is 3.52. The maximum Gasteiger partial charge on any atom is 0.251 e. The maximum absolute atomic E-state index is 13.8. The third-order valence-corrected chi connectivity index (χ3v) is 7.76. The van der Waals surface area contributed by atoms with Crippen LogP contribution in [0.15, 0.2) is 90.1 Å². The summed E-state index contributed by atoms with van der Waals surface area (Å²) in [7, 11) is 3.65. The van der Waals surface area contributed by atoms with Crippen molar-refractivity contribution >= 4 is 40.0 Å². The highest BCUT2D eigenvalue weighted by molar-refractivity contribution is 6.31. The number of pyridine rings is 1. The van der Waals surface area contributed by atoms with Gasteiger partial charge in [0.05, 0.1) is 23.7 Å². The van der Waals surface area contributed by atoms with Gasteiger partial charge >= 0.3 is 0 Å². The van der Waals surface area contributed by atoms with Gasteiger partial charge in [0.2, 0.25) is 5.91 Å². The van der Waals surface area contributed by atoms with Crippen LogP contribution in [0.1, 0.15) is 45.0 Å². The average Bonchev–Trinajstić information content (AvgIpc) is 3.35. The molecule has 6 nitrogen and oxygen atoms in total. The molecule has 0 fully saturated rings. The minimum atomic E-state index is -1.13. The number of rotatable bonds is 5. The van der Waals surface area contributed by atoms with Crippen LogP contribution in [-0.4, -0.2) is 20.0 Å². The van der Waals surface area contributed by atoms with E-state index in [0.717, 1.165) is 38.9 Å². The Labute approximate surface area is 250 Å². The van der Waals surface area contributed by atoms with E-state index >= 15 is 0 Å². The summed E-state index contributed by atoms with van der Waals surface area (Å²) in [5.41, 5.74) is 2.76. The molecule has 0 saturated heterocycles. The van der Waals surface area contributed by atoms with Crippen LogP contribution < -0.4 is 10.9 Å². The predicted octanol–water partition coefficient (Wildman–Crippen LogP) is 7.34. The second kappa shape index (κ2) is 11.2. The molecule has 0 spiro atoms. The van der Waals surface area contributed by atoms with Gasteiger partial charge in [0.25, 0.3) is 5.56 Å². The molecule has 0 saturated carbocycles. The topological polar surface area (TPSA) is 68.9 Å². The van der Waals surface area contributed by atoms with E-state index in [1.165, 1.54) is 0 Å². The lowest BCUT2D eigenvalue weighted by molar-refractivity contribution is -0.129. The van der Waals surface area contributed by atoms with Gasteiger partial charge < -0.3 is 14.5 Å². The standard InChI is InChI=1S/C32H30Cl2N4O2.CH4/c1-31(2,3)30(40)36-32(28-18-35-19-37(28)4,21-9-12-23(33)13-10-21)22-11-14-27-26(16-22)25(17-29(39)38(27)5)20-7-6-8-24(34)15-20;/h6-19H,1-5H3,(H,36,40);1H4/t32-;/m1./s1. The van der Waals surface area contributed by atoms with Gasteiger partial charge in [0.15, 0.2) is 0 Å². The molecule has 0 aliphatic rings. The zero-order chi connectivity index (χ0) is 28.8. The number of nitrogens with one attached hydrogen (secondary N) is 1. The van der Waals surface area contributed by atoms with Crippen molar-refractivity contribution in [3.05, 3.63) is 123 Å². The fourth-order valence-electron chi connectivity index (χ4n) is 5.04. The number of aryl methyl sites for hydroxylation is 2. The van der Waals surface area contributed by atoms with Gasteiger partial charge in [-0.05, 0) is 58.7 Å². The first-order valence-corrected chi connectivity index (χ1v) is 13.6. The third-order valence-electron chi connectivity index (χ3n) is 7.28. The van der Waals surface area contributed by atoms with Gasteiger partial charge in [0, 0.05) is 41.0 Å². The number of imidazole rings is 1. The van der Waals surface area contributed by atoms with E-state index in [1.54, 1.807) is 36.3 Å². The molecular weight excluding hydrogens is 555 g/mol. The first kappa shape index (κ1) is 30.1. The minimum absolute atomic E-state index is 0. The molecule has 5 aromatic rings. The van der Waals surface area contributed by atoms with Crippen LogP contribution in [0.5, 0.6) is 0 Å². The lowest BCUT2D eigenvalue weighted by Crippen LogP contribution is -2.52. The highest BCUT2D eigenvalue weighted by Crippen LogP contribution is 2.40. The Balaban J connectivity index is 0.00000387. The third kappa shape index (κ3) is 5.42. The number of hydrogen-bond donors (Lipinski definition) is 1. The lowest BCUT2D eigenvalue weighted by Gasteiger charge is -2.38. The monoisotopic (exact) mass is 588 g/mol. The van der Waals surface area contributed by atoms with E-state index in [4.69, 9.17) is 23.2 Å². The highest BCUT2D eigenvalue weighted by atomic mass is 35.5. The summed E-state index contributed by atoms with van der Waals surface area (Å²) in [6.45, 7) is 5.64. The van der Waals surface area contributed by atoms with Crippen LogP contribution >= 0.6 is 23.2 Å². The SMILES string of the molecule is C.Cn1cncc1[C@@](NC(=O)C(C)(C)C)(c1ccc(Cl)cc1)c1ccc2c(c1)c(-c1cccc(Cl)c1)cc(=O)n2C. The van der Waals surface area contributed by atoms with Crippen LogP contribution in [0.25, 0.3) is 22.0 Å². The van der Waals surface area contributed by atoms with E-state index in [9.17, 15) is 9.59 Å². The summed E-state index contributed by atoms with van der Waals surface area (Å²) in [5.74, 6) is -0.140. The smallest absolute Gasteiger partial charge is 0.251 e. The van der Waals surface area contributed by atoms with Gasteiger partial charge in [-0.3, -0.25) is 9.59 Å². The van der Waals surface area contributed by atoms with Gasteiger partial charge in [-0.25, -0.2) is 4.98 Å². The molecule has 1 amide bonds. The van der Waals surface area contributed by atoms with Crippen LogP contribution in [-0.2, 0) is 24.4 Å². The summed E-state index contributed by atoms with van der Waals surface area (Å²) >= 11 is 12.7. The maximum atomic E-state index is 13.8. The molecule has 1 atom stereocenters. The number of benzene rings is 3. The largest absolute Gasteiger partial charge is 0.337 e. The van der Waals surface area contributed by atoms with Crippen molar-refractivity contribution in [2.75, 3.05) is 0 Å². The predicted molar refractivity (Wildman–Crippen MR) is 169 cm³/mol. The average molecular weight is 590 g/mol. The van der Waals surface area contributed by atoms with E-state index in [-0.39, 0.29) is 18.9 Å². The number of nitrogens with zero attached hydrogens (tertiary/aromatic N) is 3. The number of aromatic nitrogens is 3. The second-order valence-corrected chi connectivity index (χ2v) is 11.9. The Hall–Kier alpha value is -3.87. The van der Waals surface area contributed by atoms with Crippen molar-refractivity contribution in [2.24, 2.45) is 19.5 Å². The number of fused-ring (bicyclic) bond motifs is 1. The Morgan fingerprint density at radius 1 is 0.878 bits per heavy atom. The van der Waals surface area contributed by atoms with Crippen molar-refractivity contribution in [1.82, 2.24) is 19.4 Å². The quantitative estimate of drug-likeness (QED) is 0.233. The van der Waals surface area contributed by atoms with Crippen molar-refractivity contribution < 1.29 is 4.79 Å². The van der Waals surface area contributed by atoms with E-state index in [1.807, 2.05) is 93.0 Å². The molecule has 2 aromatic heterocycles. The molecule has 0 aliphatic carbocycles. The van der Waals surface area contributed by atoms with Crippen LogP contribution in [0, 0.1) is 5.41 Å². The van der Waals surface area contributed by atoms with Gasteiger partial charge in [-0.1, -0.05) is 81.7 Å². The fourth-order valence-corrected chi connectivity index (χ4v) is 5.35. The molecule has 1 N–H and O–H groups in total. The zero-order valence-electron chi connectivity index (χ0n) is 23.0. The number of carbonyl (C=O) groups is 1. The van der Waals surface area contributed by atoms with Gasteiger partial charge in [-0.2, -0.15) is 0 Å². The molecular formula is C33H34Cl2N4O2. The summed E-state index contributed by atoms with van der Waals surface area (Å²) in [5, 5.41) is 5.39. The number of hydrogen-bond acceptors (Lipinski definition) is 3. The molecule has 3 aromatic carbocycles. The van der Waals surface area contributed by atoms with E-state index in [0.29, 0.717) is 10.0 Å². The second-order valence-electron chi connectivity index (χ2n) is 11.0. The Morgan fingerprint density at radius 3 is 2.17 bits per heavy atom. The molecule has 41 heavy (non-hydrogen) atoms. The summed E-state index contributed by atoms with van der Waals surface area (Å²) in [6, 6.07) is 22.4. The fraction of sp³-hybridized carbons (Fsp3) is 0.242. The molecule has 0 aliphatic heterocycles. The molecule has 8 heteroatoms. The van der Waals surface area contributed by atoms with E-state index < -0.39 is 11.0 Å². The van der Waals surface area contributed by atoms with Crippen molar-refractivity contribution in [2.45, 2.75) is 33.7 Å². The molecule has 212 valence electrons. The number of amides is 1. The van der Waals surface area contributed by atoms with Gasteiger partial charge in [-0.15, -0.1) is 0 Å². The van der Waals surface area contributed by atoms with Crippen LogP contribution in [0.2, 0.25) is 10.0 Å². The van der Waals surface area contributed by atoms with Crippen molar-refractivity contribution in [1.29, 1.82) is 0 Å². The first-order chi connectivity index (χ1) is 18.9. The van der Waals surface area contributed by atoms with Crippen molar-refractivity contribution in [3.63, 3.8) is 0 Å². The Morgan fingerprint density at radius 2 is 1.56 bits per heavy atom. The lowest BCUT2D eigenvalue weighted by atomic mass is 9.78. The molecule has 5 rings (SSSR count). The van der Waals surface area contributed by atoms with E-state index in [2.05, 4.69) is 10.3 Å². The molecule has 2 heterocycles. The number of halogens is 2. The first-order valence-electron chi connectivity index (χ1n) is 12.9. The minimum Gasteiger partial charge on any atom is -0.337 e. The summed E-state index contributed by atoms with van der Waals surface area (Å²) in [4.78, 5) is 31.2.